The number of halogens is 1. The Kier molecular flexibility index (Phi) is 2.11. The topological polar surface area (TPSA) is 26.0 Å². The largest absolute Gasteiger partial charge is 0.325 e. The van der Waals surface area contributed by atoms with Crippen molar-refractivity contribution in [3.8, 4) is 0 Å². The minimum Gasteiger partial charge on any atom is -0.325 e. The van der Waals surface area contributed by atoms with Crippen molar-refractivity contribution in [1.29, 1.82) is 0 Å². The molecule has 0 amide bonds. The van der Waals surface area contributed by atoms with Gasteiger partial charge in [-0.05, 0) is 50.9 Å². The summed E-state index contributed by atoms with van der Waals surface area (Å²) in [5.74, 6) is 0.726. The predicted molar refractivity (Wildman–Crippen MR) is 47.6 cm³/mol. The average molecular weight is 171 g/mol. The molecule has 0 bridgehead atoms. The minimum absolute atomic E-state index is 0.174. The Hall–Kier alpha value is -0.110. The zero-order valence-corrected chi connectivity index (χ0v) is 7.56. The quantitative estimate of drug-likeness (QED) is 0.678. The zero-order valence-electron chi connectivity index (χ0n) is 7.56. The van der Waals surface area contributed by atoms with E-state index in [0.717, 1.165) is 38.0 Å². The van der Waals surface area contributed by atoms with E-state index in [1.54, 1.807) is 0 Å². The van der Waals surface area contributed by atoms with E-state index in [9.17, 15) is 4.39 Å². The molecule has 2 heteroatoms. The summed E-state index contributed by atoms with van der Waals surface area (Å²) in [6.45, 7) is 0. The van der Waals surface area contributed by atoms with Crippen LogP contribution in [0.4, 0.5) is 4.39 Å². The maximum absolute atomic E-state index is 12.8. The first kappa shape index (κ1) is 8.49. The van der Waals surface area contributed by atoms with Gasteiger partial charge in [0, 0.05) is 5.54 Å². The Bertz CT molecular complexity index is 157. The lowest BCUT2D eigenvalue weighted by Gasteiger charge is -2.26. The van der Waals surface area contributed by atoms with Crippen LogP contribution < -0.4 is 5.73 Å². The van der Waals surface area contributed by atoms with E-state index < -0.39 is 6.17 Å². The van der Waals surface area contributed by atoms with Crippen molar-refractivity contribution in [2.24, 2.45) is 11.7 Å². The fourth-order valence-electron chi connectivity index (χ4n) is 2.27. The smallest absolute Gasteiger partial charge is 0.100 e. The van der Waals surface area contributed by atoms with E-state index >= 15 is 0 Å². The van der Waals surface area contributed by atoms with Gasteiger partial charge in [0.15, 0.2) is 0 Å². The van der Waals surface area contributed by atoms with Gasteiger partial charge in [-0.3, -0.25) is 0 Å². The van der Waals surface area contributed by atoms with Crippen molar-refractivity contribution in [2.45, 2.75) is 56.7 Å². The minimum atomic E-state index is -0.519. The SMILES string of the molecule is NC1(CC2CCC(F)CC2)CC1. The lowest BCUT2D eigenvalue weighted by molar-refractivity contribution is 0.194. The maximum atomic E-state index is 12.8. The van der Waals surface area contributed by atoms with Gasteiger partial charge in [0.25, 0.3) is 0 Å². The highest BCUT2D eigenvalue weighted by molar-refractivity contribution is 5.00. The summed E-state index contributed by atoms with van der Waals surface area (Å²) in [6.07, 6.45) is 6.72. The van der Waals surface area contributed by atoms with Crippen LogP contribution in [0.25, 0.3) is 0 Å². The number of hydrogen-bond donors (Lipinski definition) is 1. The summed E-state index contributed by atoms with van der Waals surface area (Å²) in [7, 11) is 0. The van der Waals surface area contributed by atoms with Gasteiger partial charge in [0.2, 0.25) is 0 Å². The molecule has 0 radical (unpaired) electrons. The van der Waals surface area contributed by atoms with Gasteiger partial charge >= 0.3 is 0 Å². The molecular formula is C10H18FN. The van der Waals surface area contributed by atoms with Crippen LogP contribution in [0.2, 0.25) is 0 Å². The first-order chi connectivity index (χ1) is 5.68. The second kappa shape index (κ2) is 2.99. The molecule has 0 saturated heterocycles. The molecule has 0 aromatic heterocycles. The molecule has 2 rings (SSSR count). The molecule has 0 atom stereocenters. The normalized spacial score (nSPS) is 39.5. The van der Waals surface area contributed by atoms with Crippen molar-refractivity contribution in [1.82, 2.24) is 0 Å². The molecule has 0 aromatic carbocycles. The van der Waals surface area contributed by atoms with E-state index in [4.69, 9.17) is 5.73 Å². The maximum Gasteiger partial charge on any atom is 0.100 e. The van der Waals surface area contributed by atoms with Crippen molar-refractivity contribution >= 4 is 0 Å². The fourth-order valence-corrected chi connectivity index (χ4v) is 2.27. The molecule has 2 aliphatic carbocycles. The third kappa shape index (κ3) is 1.98. The molecule has 1 nitrogen and oxygen atoms in total. The second-order valence-electron chi connectivity index (χ2n) is 4.68. The number of rotatable bonds is 2. The van der Waals surface area contributed by atoms with Gasteiger partial charge in [-0.2, -0.15) is 0 Å². The summed E-state index contributed by atoms with van der Waals surface area (Å²) in [6, 6.07) is 0. The van der Waals surface area contributed by atoms with Gasteiger partial charge < -0.3 is 5.73 Å². The van der Waals surface area contributed by atoms with Gasteiger partial charge in [-0.1, -0.05) is 0 Å². The molecule has 2 fully saturated rings. The standard InChI is InChI=1S/C10H18FN/c11-9-3-1-8(2-4-9)7-10(12)5-6-10/h8-9H,1-7,12H2. The molecule has 2 aliphatic rings. The van der Waals surface area contributed by atoms with Crippen LogP contribution in [0, 0.1) is 5.92 Å². The van der Waals surface area contributed by atoms with Crippen LogP contribution in [0.1, 0.15) is 44.9 Å². The average Bonchev–Trinajstić information content (AvgIpc) is 2.74. The van der Waals surface area contributed by atoms with E-state index in [1.165, 1.54) is 12.8 Å². The molecule has 70 valence electrons. The van der Waals surface area contributed by atoms with Gasteiger partial charge in [-0.15, -0.1) is 0 Å². The molecule has 12 heavy (non-hydrogen) atoms. The van der Waals surface area contributed by atoms with Gasteiger partial charge in [-0.25, -0.2) is 4.39 Å². The van der Waals surface area contributed by atoms with Crippen LogP contribution in [-0.2, 0) is 0 Å². The van der Waals surface area contributed by atoms with Crippen molar-refractivity contribution < 1.29 is 4.39 Å². The Morgan fingerprint density at radius 3 is 2.25 bits per heavy atom. The molecule has 0 aromatic rings. The van der Waals surface area contributed by atoms with Crippen molar-refractivity contribution in [3.05, 3.63) is 0 Å². The number of alkyl halides is 1. The predicted octanol–water partition coefficient (Wildman–Crippen LogP) is 2.40. The van der Waals surface area contributed by atoms with Crippen LogP contribution in [0.5, 0.6) is 0 Å². The summed E-state index contributed by atoms with van der Waals surface area (Å²) in [4.78, 5) is 0. The van der Waals surface area contributed by atoms with E-state index in [-0.39, 0.29) is 5.54 Å². The van der Waals surface area contributed by atoms with E-state index in [0.29, 0.717) is 0 Å². The van der Waals surface area contributed by atoms with Crippen molar-refractivity contribution in [3.63, 3.8) is 0 Å². The highest BCUT2D eigenvalue weighted by Crippen LogP contribution is 2.42. The lowest BCUT2D eigenvalue weighted by Crippen LogP contribution is -2.27. The fraction of sp³-hybridized carbons (Fsp3) is 1.00. The Morgan fingerprint density at radius 2 is 1.75 bits per heavy atom. The Labute approximate surface area is 73.5 Å². The van der Waals surface area contributed by atoms with E-state index in [2.05, 4.69) is 0 Å². The second-order valence-corrected chi connectivity index (χ2v) is 4.68. The van der Waals surface area contributed by atoms with Crippen LogP contribution in [-0.4, -0.2) is 11.7 Å². The number of hydrogen-bond acceptors (Lipinski definition) is 1. The van der Waals surface area contributed by atoms with E-state index in [1.807, 2.05) is 0 Å². The summed E-state index contributed by atoms with van der Waals surface area (Å²) in [5.41, 5.74) is 6.19. The summed E-state index contributed by atoms with van der Waals surface area (Å²) in [5, 5.41) is 0. The molecule has 2 saturated carbocycles. The van der Waals surface area contributed by atoms with Gasteiger partial charge in [0.1, 0.15) is 6.17 Å². The highest BCUT2D eigenvalue weighted by atomic mass is 19.1. The molecule has 2 N–H and O–H groups in total. The Morgan fingerprint density at radius 1 is 1.17 bits per heavy atom. The van der Waals surface area contributed by atoms with Crippen molar-refractivity contribution in [2.75, 3.05) is 0 Å². The van der Waals surface area contributed by atoms with Crippen LogP contribution in [0.3, 0.4) is 0 Å². The summed E-state index contributed by atoms with van der Waals surface area (Å²) >= 11 is 0. The zero-order chi connectivity index (χ0) is 8.60. The van der Waals surface area contributed by atoms with Crippen LogP contribution in [0.15, 0.2) is 0 Å². The monoisotopic (exact) mass is 171 g/mol. The molecule has 0 heterocycles. The third-order valence-corrected chi connectivity index (χ3v) is 3.36. The Balaban J connectivity index is 1.75. The molecule has 0 aliphatic heterocycles. The molecule has 0 spiro atoms. The first-order valence-corrected chi connectivity index (χ1v) is 5.11. The molecular weight excluding hydrogens is 153 g/mol. The lowest BCUT2D eigenvalue weighted by atomic mass is 9.83. The first-order valence-electron chi connectivity index (χ1n) is 5.11. The van der Waals surface area contributed by atoms with Crippen LogP contribution >= 0.6 is 0 Å². The highest BCUT2D eigenvalue weighted by Gasteiger charge is 2.40. The molecule has 0 unspecified atom stereocenters. The summed E-state index contributed by atoms with van der Waals surface area (Å²) < 4.78 is 12.8. The number of nitrogens with two attached hydrogens (primary N) is 1. The van der Waals surface area contributed by atoms with Gasteiger partial charge in [0.05, 0.1) is 0 Å². The third-order valence-electron chi connectivity index (χ3n) is 3.36.